The van der Waals surface area contributed by atoms with Crippen LogP contribution in [0.4, 0.5) is 0 Å². The molecule has 8 bridgehead atoms. The number of benzene rings is 5. The number of unbranched alkanes of at least 4 members (excludes halogenated alkanes) is 6. The van der Waals surface area contributed by atoms with Crippen molar-refractivity contribution in [3.63, 3.8) is 0 Å². The highest BCUT2D eigenvalue weighted by Gasteiger charge is 2.36. The molecule has 0 radical (unpaired) electrons. The topological polar surface area (TPSA) is 162 Å². The quantitative estimate of drug-likeness (QED) is 0.0542. The molecule has 0 fully saturated rings. The summed E-state index contributed by atoms with van der Waals surface area (Å²) in [6, 6.07) is 14.8. The van der Waals surface area contributed by atoms with Gasteiger partial charge in [-0.25, -0.2) is 0 Å². The fourth-order valence-corrected chi connectivity index (χ4v) is 10.1. The predicted molar refractivity (Wildman–Crippen MR) is 251 cm³/mol. The van der Waals surface area contributed by atoms with Gasteiger partial charge < -0.3 is 40.9 Å². The van der Waals surface area contributed by atoms with Gasteiger partial charge >= 0.3 is 0 Å². The summed E-state index contributed by atoms with van der Waals surface area (Å²) in [6.45, 7) is 13.0. The highest BCUT2D eigenvalue weighted by atomic mass is 79.9. The van der Waals surface area contributed by atoms with E-state index in [-0.39, 0.29) is 68.2 Å². The molecule has 8 N–H and O–H groups in total. The van der Waals surface area contributed by atoms with Crippen LogP contribution in [0.3, 0.4) is 0 Å². The van der Waals surface area contributed by atoms with Crippen molar-refractivity contribution >= 4 is 15.9 Å². The van der Waals surface area contributed by atoms with E-state index in [4.69, 9.17) is 0 Å². The van der Waals surface area contributed by atoms with E-state index < -0.39 is 23.7 Å². The third kappa shape index (κ3) is 8.66. The van der Waals surface area contributed by atoms with Crippen molar-refractivity contribution in [2.45, 2.75) is 149 Å². The zero-order chi connectivity index (χ0) is 45.2. The smallest absolute Gasteiger partial charge is 0.126 e. The van der Waals surface area contributed by atoms with Crippen LogP contribution in [0.25, 0.3) is 0 Å². The number of aromatic hydroxyl groups is 8. The number of fused-ring (bicyclic) bond motifs is 8. The third-order valence-corrected chi connectivity index (χ3v) is 14.2. The van der Waals surface area contributed by atoms with Crippen molar-refractivity contribution in [2.75, 3.05) is 0 Å². The van der Waals surface area contributed by atoms with Crippen molar-refractivity contribution in [2.24, 2.45) is 0 Å². The summed E-state index contributed by atoms with van der Waals surface area (Å²) in [5, 5.41) is 97.1. The molecule has 0 aliphatic heterocycles. The Hall–Kier alpha value is -5.02. The van der Waals surface area contributed by atoms with Crippen LogP contribution < -0.4 is 0 Å². The minimum Gasteiger partial charge on any atom is -0.507 e. The second-order valence-electron chi connectivity index (χ2n) is 17.6. The van der Waals surface area contributed by atoms with Crippen LogP contribution in [0.2, 0.25) is 0 Å². The van der Waals surface area contributed by atoms with Gasteiger partial charge in [0.2, 0.25) is 0 Å². The molecule has 1 aliphatic rings. The average molecular weight is 910 g/mol. The molecule has 332 valence electrons. The zero-order valence-corrected chi connectivity index (χ0v) is 39.0. The lowest BCUT2D eigenvalue weighted by atomic mass is 9.74. The third-order valence-electron chi connectivity index (χ3n) is 13.6. The molecule has 0 amide bonds. The van der Waals surface area contributed by atoms with Crippen molar-refractivity contribution in [3.05, 3.63) is 125 Å². The molecule has 8 nitrogen and oxygen atoms in total. The number of phenolic OH excluding ortho intramolecular Hbond substituents is 8. The summed E-state index contributed by atoms with van der Waals surface area (Å²) in [6.07, 6.45) is 9.33. The Bertz CT molecular complexity index is 2280. The van der Waals surface area contributed by atoms with Crippen LogP contribution in [0.5, 0.6) is 46.0 Å². The lowest BCUT2D eigenvalue weighted by molar-refractivity contribution is 0.414. The molecule has 62 heavy (non-hydrogen) atoms. The van der Waals surface area contributed by atoms with Crippen LogP contribution in [-0.2, 0) is 0 Å². The summed E-state index contributed by atoms with van der Waals surface area (Å²) in [4.78, 5) is 0. The van der Waals surface area contributed by atoms with Gasteiger partial charge in [0.1, 0.15) is 46.0 Å². The maximum Gasteiger partial charge on any atom is 0.126 e. The van der Waals surface area contributed by atoms with Crippen molar-refractivity contribution < 1.29 is 40.9 Å². The van der Waals surface area contributed by atoms with Crippen molar-refractivity contribution in [1.82, 2.24) is 0 Å². The first kappa shape index (κ1) is 46.5. The predicted octanol–water partition coefficient (Wildman–Crippen LogP) is 14.0. The van der Waals surface area contributed by atoms with Crippen molar-refractivity contribution in [1.29, 1.82) is 0 Å². The van der Waals surface area contributed by atoms with E-state index in [1.807, 2.05) is 36.4 Å². The van der Waals surface area contributed by atoms with E-state index in [0.717, 1.165) is 67.8 Å². The molecular formula is C53H65BrO8. The number of hydrogen-bond donors (Lipinski definition) is 8. The van der Waals surface area contributed by atoms with Crippen LogP contribution in [-0.4, -0.2) is 40.9 Å². The SMILES string of the molecule is CCCCCC1c2cc(c(O)c(C)c2O)C(CCCCC)c2cc(c(O)c(C)c2O)C(c2ccc(Br)cc2)c2cc(c(O)c(C)c2O)C(CCCCC)c2cc1c(O)c(C)c2O. The second-order valence-corrected chi connectivity index (χ2v) is 18.6. The van der Waals surface area contributed by atoms with Crippen LogP contribution in [0, 0.1) is 27.7 Å². The minimum atomic E-state index is -0.820. The lowest BCUT2D eigenvalue weighted by Crippen LogP contribution is -2.13. The maximum absolute atomic E-state index is 12.2. The van der Waals surface area contributed by atoms with Gasteiger partial charge in [-0.3, -0.25) is 0 Å². The molecule has 5 aromatic carbocycles. The van der Waals surface area contributed by atoms with Crippen LogP contribution >= 0.6 is 15.9 Å². The fraction of sp³-hybridized carbons (Fsp3) is 0.434. The van der Waals surface area contributed by atoms with E-state index >= 15 is 0 Å². The molecule has 1 aliphatic carbocycles. The summed E-state index contributed by atoms with van der Waals surface area (Å²) < 4.78 is 0.830. The Morgan fingerprint density at radius 1 is 0.371 bits per heavy atom. The van der Waals surface area contributed by atoms with E-state index in [1.54, 1.807) is 39.8 Å². The Balaban J connectivity index is 1.86. The van der Waals surface area contributed by atoms with Gasteiger partial charge in [0.05, 0.1) is 0 Å². The Kier molecular flexibility index (Phi) is 14.7. The van der Waals surface area contributed by atoms with Crippen molar-refractivity contribution in [3.8, 4) is 46.0 Å². The molecule has 0 saturated carbocycles. The van der Waals surface area contributed by atoms with Gasteiger partial charge in [-0.2, -0.15) is 0 Å². The van der Waals surface area contributed by atoms with E-state index in [2.05, 4.69) is 36.7 Å². The normalized spacial score (nSPS) is 17.4. The first-order chi connectivity index (χ1) is 29.6. The van der Waals surface area contributed by atoms with E-state index in [1.165, 1.54) is 0 Å². The summed E-state index contributed by atoms with van der Waals surface area (Å²) >= 11 is 3.57. The van der Waals surface area contributed by atoms with Gasteiger partial charge in [-0.05, 0) is 88.9 Å². The highest BCUT2D eigenvalue weighted by molar-refractivity contribution is 9.10. The maximum atomic E-state index is 12.2. The number of halogens is 1. The zero-order valence-electron chi connectivity index (χ0n) is 37.4. The molecule has 0 aromatic heterocycles. The van der Waals surface area contributed by atoms with E-state index in [9.17, 15) is 40.9 Å². The Morgan fingerprint density at radius 3 is 0.871 bits per heavy atom. The summed E-state index contributed by atoms with van der Waals surface area (Å²) in [5.74, 6) is -3.53. The first-order valence-electron chi connectivity index (χ1n) is 22.6. The largest absolute Gasteiger partial charge is 0.507 e. The Labute approximate surface area is 375 Å². The number of hydrogen-bond acceptors (Lipinski definition) is 8. The molecule has 9 heteroatoms. The molecule has 0 spiro atoms. The van der Waals surface area contributed by atoms with Gasteiger partial charge in [-0.15, -0.1) is 0 Å². The number of rotatable bonds is 13. The molecule has 2 atom stereocenters. The van der Waals surface area contributed by atoms with Gasteiger partial charge in [-0.1, -0.05) is 107 Å². The second kappa shape index (κ2) is 19.6. The van der Waals surface area contributed by atoms with Crippen LogP contribution in [0.1, 0.15) is 194 Å². The van der Waals surface area contributed by atoms with Gasteiger partial charge in [0.15, 0.2) is 0 Å². The fourth-order valence-electron chi connectivity index (χ4n) is 9.84. The standard InChI is InChI=1S/C53H65BrO8/c1-8-11-14-17-34-37-24-39(48(57)28(4)46(37)55)35(18-15-12-9-2)41-26-43(52(61)30(6)50(41)59)45(32-20-22-33(54)23-21-32)44-27-42(51(60)31(7)53(44)62)36(19-16-13-10-3)40-25-38(34)47(56)29(5)49(40)58/h20-27,34-36,45,55-62H,8-19H2,1-7H3. The summed E-state index contributed by atoms with van der Waals surface area (Å²) in [5.41, 5.74) is 5.57. The monoisotopic (exact) mass is 908 g/mol. The van der Waals surface area contributed by atoms with Crippen LogP contribution in [0.15, 0.2) is 53.0 Å². The Morgan fingerprint density at radius 2 is 0.613 bits per heavy atom. The molecule has 6 rings (SSSR count). The average Bonchev–Trinajstić information content (AvgIpc) is 3.26. The molecular weight excluding hydrogens is 844 g/mol. The van der Waals surface area contributed by atoms with Gasteiger partial charge in [0, 0.05) is 94.9 Å². The molecule has 0 heterocycles. The lowest BCUT2D eigenvalue weighted by Gasteiger charge is -2.31. The first-order valence-corrected chi connectivity index (χ1v) is 23.3. The number of phenols is 8. The summed E-state index contributed by atoms with van der Waals surface area (Å²) in [7, 11) is 0. The minimum absolute atomic E-state index is 0.0918. The highest BCUT2D eigenvalue weighted by Crippen LogP contribution is 2.55. The molecule has 5 aromatic rings. The molecule has 2 unspecified atom stereocenters. The molecule has 0 saturated heterocycles. The van der Waals surface area contributed by atoms with E-state index in [0.29, 0.717) is 63.8 Å². The van der Waals surface area contributed by atoms with Gasteiger partial charge in [0.25, 0.3) is 0 Å².